The number of nitrogens with zero attached hydrogens (tertiary/aromatic N) is 1. The fourth-order valence-corrected chi connectivity index (χ4v) is 3.94. The Morgan fingerprint density at radius 1 is 0.784 bits per heavy atom. The van der Waals surface area contributed by atoms with E-state index in [-0.39, 0.29) is 23.4 Å². The van der Waals surface area contributed by atoms with E-state index in [1.807, 2.05) is 0 Å². The first-order chi connectivity index (χ1) is 17.9. The van der Waals surface area contributed by atoms with E-state index < -0.39 is 11.2 Å². The molecule has 1 amide bonds. The lowest BCUT2D eigenvalue weighted by atomic mass is 10.0. The quantitative estimate of drug-likeness (QED) is 0.346. The van der Waals surface area contributed by atoms with Gasteiger partial charge in [-0.2, -0.15) is 0 Å². The fourth-order valence-electron chi connectivity index (χ4n) is 3.94. The molecule has 0 unspecified atom stereocenters. The standard InChI is InChI=1S/C28H26N2O7/c1-34-19-9-5-17(6-10-19)27(32)22-15-30(16-26(31)29-18-7-11-20(35-2)12-8-18)23-14-25(37-4)24(36-3)13-21(23)28(22)33/h5-15H,16H2,1-4H3,(H,29,31). The first-order valence-electron chi connectivity index (χ1n) is 11.3. The van der Waals surface area contributed by atoms with Gasteiger partial charge in [0, 0.05) is 23.5 Å². The summed E-state index contributed by atoms with van der Waals surface area (Å²) in [6.07, 6.45) is 1.40. The Bertz CT molecular complexity index is 1510. The second kappa shape index (κ2) is 10.9. The predicted octanol–water partition coefficient (Wildman–Crippen LogP) is 3.91. The number of fused-ring (bicyclic) bond motifs is 1. The lowest BCUT2D eigenvalue weighted by Crippen LogP contribution is -2.24. The number of anilines is 1. The number of ketones is 1. The van der Waals surface area contributed by atoms with Crippen LogP contribution in [0.4, 0.5) is 5.69 Å². The molecule has 0 atom stereocenters. The zero-order chi connectivity index (χ0) is 26.5. The number of methoxy groups -OCH3 is 4. The normalized spacial score (nSPS) is 10.6. The molecular formula is C28H26N2O7. The van der Waals surface area contributed by atoms with Crippen LogP contribution in [0.15, 0.2) is 71.7 Å². The number of pyridine rings is 1. The number of carbonyl (C=O) groups excluding carboxylic acids is 2. The van der Waals surface area contributed by atoms with Gasteiger partial charge in [0.25, 0.3) is 0 Å². The number of hydrogen-bond acceptors (Lipinski definition) is 7. The van der Waals surface area contributed by atoms with Crippen molar-refractivity contribution in [3.8, 4) is 23.0 Å². The minimum Gasteiger partial charge on any atom is -0.497 e. The first-order valence-corrected chi connectivity index (χ1v) is 11.3. The molecule has 37 heavy (non-hydrogen) atoms. The van der Waals surface area contributed by atoms with Gasteiger partial charge in [0.2, 0.25) is 11.3 Å². The maximum Gasteiger partial charge on any atom is 0.244 e. The Morgan fingerprint density at radius 2 is 1.35 bits per heavy atom. The first kappa shape index (κ1) is 25.3. The van der Waals surface area contributed by atoms with Crippen LogP contribution in [0.2, 0.25) is 0 Å². The highest BCUT2D eigenvalue weighted by Gasteiger charge is 2.20. The van der Waals surface area contributed by atoms with Gasteiger partial charge in [-0.15, -0.1) is 0 Å². The number of aromatic nitrogens is 1. The molecule has 9 nitrogen and oxygen atoms in total. The van der Waals surface area contributed by atoms with Crippen molar-refractivity contribution in [1.82, 2.24) is 4.57 Å². The molecule has 0 radical (unpaired) electrons. The van der Waals surface area contributed by atoms with Crippen LogP contribution in [0.5, 0.6) is 23.0 Å². The number of rotatable bonds is 9. The molecule has 3 aromatic carbocycles. The Balaban J connectivity index is 1.79. The number of amides is 1. The summed E-state index contributed by atoms with van der Waals surface area (Å²) in [5, 5.41) is 3.03. The molecule has 0 bridgehead atoms. The second-order valence-electron chi connectivity index (χ2n) is 8.06. The topological polar surface area (TPSA) is 105 Å². The zero-order valence-corrected chi connectivity index (χ0v) is 20.9. The van der Waals surface area contributed by atoms with E-state index in [4.69, 9.17) is 18.9 Å². The van der Waals surface area contributed by atoms with Crippen LogP contribution in [-0.2, 0) is 11.3 Å². The summed E-state index contributed by atoms with van der Waals surface area (Å²) in [5.74, 6) is 1.12. The van der Waals surface area contributed by atoms with E-state index in [0.29, 0.717) is 39.8 Å². The molecule has 1 aromatic heterocycles. The summed E-state index contributed by atoms with van der Waals surface area (Å²) < 4.78 is 22.6. The van der Waals surface area contributed by atoms with Crippen molar-refractivity contribution < 1.29 is 28.5 Å². The summed E-state index contributed by atoms with van der Waals surface area (Å²) in [5.41, 5.74) is 0.737. The van der Waals surface area contributed by atoms with Gasteiger partial charge in [-0.25, -0.2) is 0 Å². The van der Waals surface area contributed by atoms with Crippen LogP contribution in [0, 0.1) is 0 Å². The minimum absolute atomic E-state index is 0.0814. The van der Waals surface area contributed by atoms with Gasteiger partial charge in [-0.05, 0) is 54.6 Å². The third-order valence-corrected chi connectivity index (χ3v) is 5.87. The van der Waals surface area contributed by atoms with Crippen molar-refractivity contribution in [1.29, 1.82) is 0 Å². The molecule has 0 aliphatic carbocycles. The average Bonchev–Trinajstić information content (AvgIpc) is 2.93. The van der Waals surface area contributed by atoms with Crippen LogP contribution >= 0.6 is 0 Å². The van der Waals surface area contributed by atoms with E-state index in [9.17, 15) is 14.4 Å². The van der Waals surface area contributed by atoms with Gasteiger partial charge >= 0.3 is 0 Å². The van der Waals surface area contributed by atoms with Crippen molar-refractivity contribution in [2.24, 2.45) is 0 Å². The molecule has 0 fully saturated rings. The fraction of sp³-hybridized carbons (Fsp3) is 0.179. The molecule has 9 heteroatoms. The Kier molecular flexibility index (Phi) is 7.43. The monoisotopic (exact) mass is 502 g/mol. The highest BCUT2D eigenvalue weighted by atomic mass is 16.5. The number of nitrogens with one attached hydrogen (secondary N) is 1. The molecule has 0 saturated heterocycles. The summed E-state index contributed by atoms with van der Waals surface area (Å²) in [6, 6.07) is 16.5. The van der Waals surface area contributed by atoms with Crippen molar-refractivity contribution in [3.63, 3.8) is 0 Å². The molecule has 0 aliphatic rings. The summed E-state index contributed by atoms with van der Waals surface area (Å²) in [4.78, 5) is 39.8. The Labute approximate surface area is 213 Å². The highest BCUT2D eigenvalue weighted by molar-refractivity contribution is 6.10. The van der Waals surface area contributed by atoms with Crippen LogP contribution in [0.25, 0.3) is 10.9 Å². The Hall–Kier alpha value is -4.79. The summed E-state index contributed by atoms with van der Waals surface area (Å²) >= 11 is 0. The van der Waals surface area contributed by atoms with Gasteiger partial charge < -0.3 is 28.8 Å². The van der Waals surface area contributed by atoms with Crippen molar-refractivity contribution in [2.45, 2.75) is 6.54 Å². The molecule has 4 rings (SSSR count). The largest absolute Gasteiger partial charge is 0.497 e. The molecule has 1 N–H and O–H groups in total. The highest BCUT2D eigenvalue weighted by Crippen LogP contribution is 2.31. The van der Waals surface area contributed by atoms with Gasteiger partial charge in [0.15, 0.2) is 17.3 Å². The van der Waals surface area contributed by atoms with E-state index in [1.165, 1.54) is 33.6 Å². The zero-order valence-electron chi connectivity index (χ0n) is 20.9. The van der Waals surface area contributed by atoms with Crippen molar-refractivity contribution in [2.75, 3.05) is 33.8 Å². The number of ether oxygens (including phenoxy) is 4. The van der Waals surface area contributed by atoms with Crippen molar-refractivity contribution >= 4 is 28.3 Å². The smallest absolute Gasteiger partial charge is 0.244 e. The predicted molar refractivity (Wildman–Crippen MR) is 139 cm³/mol. The molecular weight excluding hydrogens is 476 g/mol. The third-order valence-electron chi connectivity index (χ3n) is 5.87. The van der Waals surface area contributed by atoms with Gasteiger partial charge in [0.05, 0.1) is 44.9 Å². The van der Waals surface area contributed by atoms with Crippen LogP contribution in [-0.4, -0.2) is 44.7 Å². The summed E-state index contributed by atoms with van der Waals surface area (Å²) in [7, 11) is 6.02. The number of benzene rings is 3. The molecule has 190 valence electrons. The van der Waals surface area contributed by atoms with Crippen molar-refractivity contribution in [3.05, 3.63) is 88.2 Å². The number of carbonyl (C=O) groups is 2. The molecule has 0 saturated carbocycles. The lowest BCUT2D eigenvalue weighted by molar-refractivity contribution is -0.116. The van der Waals surface area contributed by atoms with Gasteiger partial charge in [-0.3, -0.25) is 14.4 Å². The average molecular weight is 503 g/mol. The maximum absolute atomic E-state index is 13.5. The SMILES string of the molecule is COc1ccc(NC(=O)Cn2cc(C(=O)c3ccc(OC)cc3)c(=O)c3cc(OC)c(OC)cc32)cc1. The van der Waals surface area contributed by atoms with Crippen LogP contribution in [0.3, 0.4) is 0 Å². The van der Waals surface area contributed by atoms with E-state index in [0.717, 1.165) is 0 Å². The van der Waals surface area contributed by atoms with Gasteiger partial charge in [-0.1, -0.05) is 0 Å². The van der Waals surface area contributed by atoms with Crippen LogP contribution < -0.4 is 29.7 Å². The molecule has 1 heterocycles. The summed E-state index contributed by atoms with van der Waals surface area (Å²) in [6.45, 7) is -0.165. The number of hydrogen-bond donors (Lipinski definition) is 1. The minimum atomic E-state index is -0.483. The van der Waals surface area contributed by atoms with E-state index in [1.54, 1.807) is 66.3 Å². The maximum atomic E-state index is 13.5. The lowest BCUT2D eigenvalue weighted by Gasteiger charge is -2.16. The molecule has 0 aliphatic heterocycles. The second-order valence-corrected chi connectivity index (χ2v) is 8.06. The molecule has 4 aromatic rings. The van der Waals surface area contributed by atoms with Crippen LogP contribution in [0.1, 0.15) is 15.9 Å². The molecule has 0 spiro atoms. The van der Waals surface area contributed by atoms with Gasteiger partial charge in [0.1, 0.15) is 18.0 Å². The third kappa shape index (κ3) is 5.25. The van der Waals surface area contributed by atoms with E-state index in [2.05, 4.69) is 5.32 Å². The Morgan fingerprint density at radius 3 is 1.92 bits per heavy atom. The van der Waals surface area contributed by atoms with E-state index >= 15 is 0 Å².